The van der Waals surface area contributed by atoms with E-state index >= 15 is 0 Å². The van der Waals surface area contributed by atoms with Gasteiger partial charge >= 0.3 is 6.03 Å². The zero-order valence-electron chi connectivity index (χ0n) is 21.1. The number of amides is 4. The molecule has 2 aromatic rings. The summed E-state index contributed by atoms with van der Waals surface area (Å²) in [6, 6.07) is 12.5. The van der Waals surface area contributed by atoms with Gasteiger partial charge in [0.1, 0.15) is 11.3 Å². The largest absolute Gasteiger partial charge is 0.490 e. The Morgan fingerprint density at radius 3 is 2.16 bits per heavy atom. The van der Waals surface area contributed by atoms with Gasteiger partial charge in [-0.2, -0.15) is 0 Å². The first-order chi connectivity index (χ1) is 17.7. The lowest BCUT2D eigenvalue weighted by Crippen LogP contribution is -2.54. The molecule has 0 atom stereocenters. The number of benzene rings is 2. The smallest absolute Gasteiger partial charge is 0.335 e. The van der Waals surface area contributed by atoms with E-state index in [1.165, 1.54) is 50.2 Å². The van der Waals surface area contributed by atoms with Crippen molar-refractivity contribution >= 4 is 45.5 Å². The summed E-state index contributed by atoms with van der Waals surface area (Å²) in [6.07, 6.45) is 9.41. The van der Waals surface area contributed by atoms with E-state index < -0.39 is 17.8 Å². The lowest BCUT2D eigenvalue weighted by Gasteiger charge is -2.57. The van der Waals surface area contributed by atoms with Crippen molar-refractivity contribution in [2.24, 2.45) is 17.8 Å². The standard InChI is InChI=1S/C30H31BrN2O4/c1-17(2)37-26-8-3-18(13-25(26)31)12-24-27(34)32-29(36)33(28(24)35)23-6-4-22(5-7-23)30-14-19-9-20(15-30)11-21(10-19)16-30/h3-8,12-13,17,19-21H,9-11,14-16H2,1-2H3,(H,32,34,36)/b24-12+. The summed E-state index contributed by atoms with van der Waals surface area (Å²) < 4.78 is 6.46. The third kappa shape index (κ3) is 4.41. The summed E-state index contributed by atoms with van der Waals surface area (Å²) in [5, 5.41) is 2.33. The Morgan fingerprint density at radius 1 is 0.973 bits per heavy atom. The molecule has 4 saturated carbocycles. The van der Waals surface area contributed by atoms with Crippen LogP contribution in [0.15, 0.2) is 52.5 Å². The minimum atomic E-state index is -0.725. The second kappa shape index (κ2) is 9.12. The zero-order valence-corrected chi connectivity index (χ0v) is 22.7. The Kier molecular flexibility index (Phi) is 6.02. The molecule has 6 nitrogen and oxygen atoms in total. The van der Waals surface area contributed by atoms with E-state index in [4.69, 9.17) is 4.74 Å². The summed E-state index contributed by atoms with van der Waals surface area (Å²) in [7, 11) is 0. The number of carbonyl (C=O) groups excluding carboxylic acids is 3. The first kappa shape index (κ1) is 24.4. The van der Waals surface area contributed by atoms with E-state index in [-0.39, 0.29) is 17.1 Å². The van der Waals surface area contributed by atoms with Gasteiger partial charge in [0.25, 0.3) is 11.8 Å². The number of rotatable bonds is 5. The van der Waals surface area contributed by atoms with Gasteiger partial charge in [-0.15, -0.1) is 0 Å². The SMILES string of the molecule is CC(C)Oc1ccc(/C=C2\C(=O)NC(=O)N(c3ccc(C45CC6CC(CC(C6)C4)C5)cc3)C2=O)cc1Br. The van der Waals surface area contributed by atoms with E-state index in [2.05, 4.69) is 33.4 Å². The van der Waals surface area contributed by atoms with Crippen LogP contribution in [-0.4, -0.2) is 23.9 Å². The highest BCUT2D eigenvalue weighted by Crippen LogP contribution is 2.60. The molecule has 0 unspecified atom stereocenters. The maximum atomic E-state index is 13.4. The van der Waals surface area contributed by atoms with Crippen LogP contribution in [0, 0.1) is 17.8 Å². The van der Waals surface area contributed by atoms with Crippen molar-refractivity contribution in [2.75, 3.05) is 4.90 Å². The van der Waals surface area contributed by atoms with Gasteiger partial charge < -0.3 is 4.74 Å². The van der Waals surface area contributed by atoms with Crippen LogP contribution in [0.5, 0.6) is 5.75 Å². The fourth-order valence-electron chi connectivity index (χ4n) is 7.44. The molecule has 1 aliphatic heterocycles. The summed E-state index contributed by atoms with van der Waals surface area (Å²) >= 11 is 3.49. The van der Waals surface area contributed by atoms with Crippen molar-refractivity contribution in [2.45, 2.75) is 63.9 Å². The third-order valence-electron chi connectivity index (χ3n) is 8.51. The molecule has 1 N–H and O–H groups in total. The highest BCUT2D eigenvalue weighted by molar-refractivity contribution is 9.10. The van der Waals surface area contributed by atoms with E-state index in [1.54, 1.807) is 18.2 Å². The van der Waals surface area contributed by atoms with Crippen molar-refractivity contribution < 1.29 is 19.1 Å². The monoisotopic (exact) mass is 562 g/mol. The Morgan fingerprint density at radius 2 is 1.59 bits per heavy atom. The van der Waals surface area contributed by atoms with Crippen molar-refractivity contribution in [1.82, 2.24) is 5.32 Å². The maximum absolute atomic E-state index is 13.4. The molecular weight excluding hydrogens is 532 g/mol. The lowest BCUT2D eigenvalue weighted by molar-refractivity contribution is -0.122. The molecule has 4 aliphatic carbocycles. The van der Waals surface area contributed by atoms with Crippen molar-refractivity contribution in [3.63, 3.8) is 0 Å². The lowest BCUT2D eigenvalue weighted by atomic mass is 9.48. The van der Waals surface area contributed by atoms with Crippen LogP contribution in [0.25, 0.3) is 6.08 Å². The molecule has 0 aromatic heterocycles. The van der Waals surface area contributed by atoms with Crippen LogP contribution in [0.3, 0.4) is 0 Å². The zero-order chi connectivity index (χ0) is 25.9. The number of hydrogen-bond donors (Lipinski definition) is 1. The molecule has 1 heterocycles. The number of carbonyl (C=O) groups is 3. The van der Waals surface area contributed by atoms with Crippen LogP contribution in [-0.2, 0) is 15.0 Å². The summed E-state index contributed by atoms with van der Waals surface area (Å²) in [4.78, 5) is 39.8. The average Bonchev–Trinajstić information content (AvgIpc) is 2.82. The van der Waals surface area contributed by atoms with Crippen LogP contribution in [0.4, 0.5) is 10.5 Å². The average molecular weight is 563 g/mol. The molecule has 37 heavy (non-hydrogen) atoms. The fraction of sp³-hybridized carbons (Fsp3) is 0.433. The minimum absolute atomic E-state index is 0.0140. The number of barbiturate groups is 1. The molecule has 1 saturated heterocycles. The van der Waals surface area contributed by atoms with Gasteiger partial charge in [0.2, 0.25) is 0 Å². The summed E-state index contributed by atoms with van der Waals surface area (Å²) in [5.74, 6) is 1.86. The molecule has 2 aromatic carbocycles. The molecule has 5 fully saturated rings. The van der Waals surface area contributed by atoms with Crippen LogP contribution < -0.4 is 15.0 Å². The molecule has 192 valence electrons. The van der Waals surface area contributed by atoms with Gasteiger partial charge in [-0.1, -0.05) is 18.2 Å². The number of hydrogen-bond acceptors (Lipinski definition) is 4. The number of ether oxygens (including phenoxy) is 1. The number of anilines is 1. The van der Waals surface area contributed by atoms with Gasteiger partial charge in [0.05, 0.1) is 16.3 Å². The topological polar surface area (TPSA) is 75.7 Å². The maximum Gasteiger partial charge on any atom is 0.335 e. The van der Waals surface area contributed by atoms with Crippen molar-refractivity contribution in [3.8, 4) is 5.75 Å². The number of nitrogens with one attached hydrogen (secondary N) is 1. The number of nitrogens with zero attached hydrogens (tertiary/aromatic N) is 1. The molecule has 4 amide bonds. The molecule has 0 spiro atoms. The van der Waals surface area contributed by atoms with Gasteiger partial charge in [-0.05, 0) is 133 Å². The Bertz CT molecular complexity index is 1280. The van der Waals surface area contributed by atoms with Crippen LogP contribution in [0.1, 0.15) is 63.5 Å². The van der Waals surface area contributed by atoms with Crippen molar-refractivity contribution in [1.29, 1.82) is 0 Å². The number of halogens is 1. The Balaban J connectivity index is 1.26. The third-order valence-corrected chi connectivity index (χ3v) is 9.13. The van der Waals surface area contributed by atoms with E-state index in [0.717, 1.165) is 22.7 Å². The number of urea groups is 1. The predicted octanol–water partition coefficient (Wildman–Crippen LogP) is 6.37. The van der Waals surface area contributed by atoms with E-state index in [9.17, 15) is 14.4 Å². The Labute approximate surface area is 225 Å². The van der Waals surface area contributed by atoms with Gasteiger partial charge in [-0.25, -0.2) is 9.69 Å². The second-order valence-electron chi connectivity index (χ2n) is 11.6. The normalized spacial score (nSPS) is 29.8. The quantitative estimate of drug-likeness (QED) is 0.339. The molecule has 7 rings (SSSR count). The minimum Gasteiger partial charge on any atom is -0.490 e. The Hall–Kier alpha value is -2.93. The van der Waals surface area contributed by atoms with Crippen LogP contribution in [0.2, 0.25) is 0 Å². The predicted molar refractivity (Wildman–Crippen MR) is 145 cm³/mol. The summed E-state index contributed by atoms with van der Waals surface area (Å²) in [5.41, 5.74) is 2.58. The summed E-state index contributed by atoms with van der Waals surface area (Å²) in [6.45, 7) is 3.88. The number of imide groups is 2. The molecule has 5 aliphatic rings. The molecular formula is C30H31BrN2O4. The first-order valence-corrected chi connectivity index (χ1v) is 14.0. The van der Waals surface area contributed by atoms with E-state index in [0.29, 0.717) is 21.5 Å². The van der Waals surface area contributed by atoms with Crippen molar-refractivity contribution in [3.05, 3.63) is 63.6 Å². The van der Waals surface area contributed by atoms with Gasteiger partial charge in [-0.3, -0.25) is 14.9 Å². The molecule has 4 bridgehead atoms. The first-order valence-electron chi connectivity index (χ1n) is 13.2. The van der Waals surface area contributed by atoms with Gasteiger partial charge in [0.15, 0.2) is 0 Å². The highest BCUT2D eigenvalue weighted by atomic mass is 79.9. The van der Waals surface area contributed by atoms with Gasteiger partial charge in [0, 0.05) is 0 Å². The molecule has 7 heteroatoms. The molecule has 0 radical (unpaired) electrons. The highest BCUT2D eigenvalue weighted by Gasteiger charge is 2.51. The second-order valence-corrected chi connectivity index (χ2v) is 12.4. The van der Waals surface area contributed by atoms with E-state index in [1.807, 2.05) is 26.0 Å². The van der Waals surface area contributed by atoms with Crippen LogP contribution >= 0.6 is 15.9 Å². The fourth-order valence-corrected chi connectivity index (χ4v) is 7.93.